The van der Waals surface area contributed by atoms with Gasteiger partial charge in [-0.1, -0.05) is 0 Å². The van der Waals surface area contributed by atoms with Crippen LogP contribution < -0.4 is 5.32 Å². The van der Waals surface area contributed by atoms with E-state index in [2.05, 4.69) is 5.32 Å². The second-order valence-corrected chi connectivity index (χ2v) is 0.500. The molecule has 0 aliphatic heterocycles. The summed E-state index contributed by atoms with van der Waals surface area (Å²) in [6, 6.07) is 0. The van der Waals surface area contributed by atoms with Gasteiger partial charge in [-0.3, -0.25) is 0 Å². The van der Waals surface area contributed by atoms with Crippen LogP contribution in [0.1, 0.15) is 0 Å². The normalized spacial score (nSPS) is 4.50. The van der Waals surface area contributed by atoms with Crippen molar-refractivity contribution in [3.63, 3.8) is 0 Å². The first kappa shape index (κ1) is 8.85. The third-order valence-corrected chi connectivity index (χ3v) is 0. The number of hydrogen-bond donors (Lipinski definition) is 1. The van der Waals surface area contributed by atoms with E-state index < -0.39 is 0 Å². The molecule has 0 saturated carbocycles. The molecule has 0 aliphatic rings. The van der Waals surface area contributed by atoms with Gasteiger partial charge in [0.05, 0.1) is 0 Å². The Kier molecular flexibility index (Phi) is 20.2. The summed E-state index contributed by atoms with van der Waals surface area (Å²) >= 11 is 0. The summed E-state index contributed by atoms with van der Waals surface area (Å²) in [4.78, 5) is 0. The van der Waals surface area contributed by atoms with Crippen LogP contribution in [-0.2, 0) is 26.2 Å². The van der Waals surface area contributed by atoms with Crippen molar-refractivity contribution in [2.24, 2.45) is 0 Å². The molecule has 0 unspecified atom stereocenters. The van der Waals surface area contributed by atoms with Gasteiger partial charge in [0.2, 0.25) is 0 Å². The molecule has 1 nitrogen and oxygen atoms in total. The van der Waals surface area contributed by atoms with Crippen molar-refractivity contribution < 1.29 is 26.2 Å². The molecule has 2 heteroatoms. The van der Waals surface area contributed by atoms with Crippen molar-refractivity contribution in [1.82, 2.24) is 5.32 Å². The average molecular weight is 136 g/mol. The topological polar surface area (TPSA) is 12.0 Å². The molecule has 0 radical (unpaired) electrons. The third-order valence-electron chi connectivity index (χ3n) is 0. The minimum absolute atomic E-state index is 0. The van der Waals surface area contributed by atoms with Gasteiger partial charge >= 0.3 is 0 Å². The minimum Gasteiger partial charge on any atom is -0.323 e. The van der Waals surface area contributed by atoms with Gasteiger partial charge < -0.3 is 5.32 Å². The second-order valence-electron chi connectivity index (χ2n) is 0.500. The average Bonchev–Trinajstić information content (AvgIpc) is 0.918. The van der Waals surface area contributed by atoms with Gasteiger partial charge in [-0.25, -0.2) is 0 Å². The summed E-state index contributed by atoms with van der Waals surface area (Å²) < 4.78 is 0. The third kappa shape index (κ3) is 13.6. The van der Waals surface area contributed by atoms with Crippen molar-refractivity contribution >= 4 is 0 Å². The number of rotatable bonds is 0. The Bertz CT molecular complexity index is 6.00. The fourth-order valence-corrected chi connectivity index (χ4v) is 0. The van der Waals surface area contributed by atoms with Crippen LogP contribution >= 0.6 is 0 Å². The van der Waals surface area contributed by atoms with Gasteiger partial charge in [-0.2, -0.15) is 0 Å². The second kappa shape index (κ2) is 9.14. The predicted octanol–water partition coefficient (Wildman–Crippen LogP) is -0.167. The van der Waals surface area contributed by atoms with Crippen molar-refractivity contribution in [3.8, 4) is 0 Å². The SMILES string of the molecule is CNC.[Zr]. The predicted molar refractivity (Wildman–Crippen MR) is 15.0 cm³/mol. The van der Waals surface area contributed by atoms with E-state index >= 15 is 0 Å². The van der Waals surface area contributed by atoms with E-state index in [0.717, 1.165) is 0 Å². The van der Waals surface area contributed by atoms with Gasteiger partial charge in [0, 0.05) is 26.2 Å². The molecule has 4 heavy (non-hydrogen) atoms. The zero-order chi connectivity index (χ0) is 2.71. The zero-order valence-electron chi connectivity index (χ0n) is 3.00. The van der Waals surface area contributed by atoms with Crippen LogP contribution in [0.5, 0.6) is 0 Å². The molecule has 0 aromatic rings. The van der Waals surface area contributed by atoms with Crippen molar-refractivity contribution in [2.75, 3.05) is 14.1 Å². The monoisotopic (exact) mass is 135 g/mol. The zero-order valence-corrected chi connectivity index (χ0v) is 5.46. The standard InChI is InChI=1S/C2H7N.Zr/c1-3-2;/h3H,1-2H3;. The van der Waals surface area contributed by atoms with Crippen LogP contribution in [0.2, 0.25) is 0 Å². The summed E-state index contributed by atoms with van der Waals surface area (Å²) in [5.41, 5.74) is 0. The van der Waals surface area contributed by atoms with Crippen LogP contribution in [0.25, 0.3) is 0 Å². The molecular weight excluding hydrogens is 129 g/mol. The molecular formula is C2H7NZr. The molecule has 0 bridgehead atoms. The summed E-state index contributed by atoms with van der Waals surface area (Å²) in [6.07, 6.45) is 0. The van der Waals surface area contributed by atoms with E-state index in [0.29, 0.717) is 0 Å². The number of hydrogen-bond acceptors (Lipinski definition) is 1. The first-order valence-corrected chi connectivity index (χ1v) is 1.00. The summed E-state index contributed by atoms with van der Waals surface area (Å²) in [7, 11) is 3.75. The van der Waals surface area contributed by atoms with Crippen LogP contribution in [-0.4, -0.2) is 14.1 Å². The van der Waals surface area contributed by atoms with E-state index in [-0.39, 0.29) is 26.2 Å². The molecule has 0 spiro atoms. The molecule has 1 N–H and O–H groups in total. The van der Waals surface area contributed by atoms with Gasteiger partial charge in [-0.05, 0) is 14.1 Å². The molecule has 0 aromatic carbocycles. The maximum atomic E-state index is 2.75. The first-order valence-electron chi connectivity index (χ1n) is 1.00. The minimum atomic E-state index is 0. The molecule has 0 aliphatic carbocycles. The van der Waals surface area contributed by atoms with E-state index in [1.165, 1.54) is 0 Å². The Morgan fingerprint density at radius 1 is 1.25 bits per heavy atom. The maximum Gasteiger partial charge on any atom is 0 e. The van der Waals surface area contributed by atoms with Crippen LogP contribution in [0.3, 0.4) is 0 Å². The van der Waals surface area contributed by atoms with E-state index in [9.17, 15) is 0 Å². The Labute approximate surface area is 45.9 Å². The van der Waals surface area contributed by atoms with Crippen molar-refractivity contribution in [1.29, 1.82) is 0 Å². The van der Waals surface area contributed by atoms with Gasteiger partial charge in [0.15, 0.2) is 0 Å². The van der Waals surface area contributed by atoms with Crippen LogP contribution in [0, 0.1) is 0 Å². The maximum absolute atomic E-state index is 2.75. The van der Waals surface area contributed by atoms with E-state index in [1.807, 2.05) is 14.1 Å². The molecule has 0 rings (SSSR count). The molecule has 0 saturated heterocycles. The van der Waals surface area contributed by atoms with Crippen molar-refractivity contribution in [3.05, 3.63) is 0 Å². The van der Waals surface area contributed by atoms with Crippen LogP contribution in [0.4, 0.5) is 0 Å². The van der Waals surface area contributed by atoms with Gasteiger partial charge in [0.25, 0.3) is 0 Å². The fourth-order valence-electron chi connectivity index (χ4n) is 0. The van der Waals surface area contributed by atoms with E-state index in [4.69, 9.17) is 0 Å². The molecule has 0 heterocycles. The van der Waals surface area contributed by atoms with Gasteiger partial charge in [0.1, 0.15) is 0 Å². The summed E-state index contributed by atoms with van der Waals surface area (Å²) in [6.45, 7) is 0. The largest absolute Gasteiger partial charge is 0.323 e. The summed E-state index contributed by atoms with van der Waals surface area (Å²) in [5.74, 6) is 0. The molecule has 24 valence electrons. The Morgan fingerprint density at radius 2 is 1.25 bits per heavy atom. The van der Waals surface area contributed by atoms with Gasteiger partial charge in [-0.15, -0.1) is 0 Å². The molecule has 0 aromatic heterocycles. The Morgan fingerprint density at radius 3 is 1.25 bits per heavy atom. The smallest absolute Gasteiger partial charge is 0 e. The quantitative estimate of drug-likeness (QED) is 0.488. The summed E-state index contributed by atoms with van der Waals surface area (Å²) in [5, 5.41) is 2.75. The number of nitrogens with one attached hydrogen (secondary N) is 1. The Hall–Kier alpha value is 0.843. The first-order chi connectivity index (χ1) is 1.41. The molecule has 0 amide bonds. The van der Waals surface area contributed by atoms with Crippen molar-refractivity contribution in [2.45, 2.75) is 0 Å². The molecule has 0 atom stereocenters. The Balaban J connectivity index is 0. The van der Waals surface area contributed by atoms with E-state index in [1.54, 1.807) is 0 Å². The van der Waals surface area contributed by atoms with Crippen LogP contribution in [0.15, 0.2) is 0 Å². The fraction of sp³-hybridized carbons (Fsp3) is 1.00. The molecule has 0 fully saturated rings.